The van der Waals surface area contributed by atoms with Crippen LogP contribution in [-0.4, -0.2) is 12.7 Å². The molecule has 1 saturated heterocycles. The molecule has 1 aliphatic rings. The lowest BCUT2D eigenvalue weighted by Crippen LogP contribution is -2.17. The highest BCUT2D eigenvalue weighted by molar-refractivity contribution is 9.10. The molecule has 0 saturated carbocycles. The molecule has 84 valence electrons. The lowest BCUT2D eigenvalue weighted by atomic mass is 10.1. The first-order chi connectivity index (χ1) is 7.16. The average molecular weight is 311 g/mol. The number of halogens is 2. The smallest absolute Gasteiger partial charge is 0.107 e. The van der Waals surface area contributed by atoms with E-state index in [2.05, 4.69) is 15.9 Å². The molecule has 2 heterocycles. The number of thiophene rings is 1. The molecule has 1 aliphatic heterocycles. The van der Waals surface area contributed by atoms with Crippen LogP contribution in [0.15, 0.2) is 10.5 Å². The molecule has 0 bridgehead atoms. The summed E-state index contributed by atoms with van der Waals surface area (Å²) in [5.74, 6) is 0. The van der Waals surface area contributed by atoms with E-state index in [1.807, 2.05) is 6.07 Å². The van der Waals surface area contributed by atoms with Gasteiger partial charge >= 0.3 is 0 Å². The molecule has 2 N–H and O–H groups in total. The van der Waals surface area contributed by atoms with Gasteiger partial charge in [0, 0.05) is 22.0 Å². The predicted octanol–water partition coefficient (Wildman–Crippen LogP) is 3.73. The Labute approximate surface area is 107 Å². The van der Waals surface area contributed by atoms with Crippen molar-refractivity contribution in [3.63, 3.8) is 0 Å². The molecule has 0 radical (unpaired) electrons. The quantitative estimate of drug-likeness (QED) is 0.923. The van der Waals surface area contributed by atoms with E-state index in [9.17, 15) is 0 Å². The second-order valence-electron chi connectivity index (χ2n) is 3.75. The highest BCUT2D eigenvalue weighted by Gasteiger charge is 2.21. The molecule has 15 heavy (non-hydrogen) atoms. The molecule has 2 unspecified atom stereocenters. The highest BCUT2D eigenvalue weighted by atomic mass is 79.9. The van der Waals surface area contributed by atoms with Gasteiger partial charge in [0.1, 0.15) is 4.34 Å². The van der Waals surface area contributed by atoms with Crippen LogP contribution in [0.25, 0.3) is 0 Å². The van der Waals surface area contributed by atoms with Crippen molar-refractivity contribution in [1.29, 1.82) is 0 Å². The van der Waals surface area contributed by atoms with Crippen molar-refractivity contribution < 1.29 is 4.74 Å². The van der Waals surface area contributed by atoms with E-state index in [1.165, 1.54) is 0 Å². The van der Waals surface area contributed by atoms with E-state index in [1.54, 1.807) is 11.3 Å². The average Bonchev–Trinajstić information content (AvgIpc) is 2.78. The molecule has 2 nitrogen and oxygen atoms in total. The Morgan fingerprint density at radius 3 is 3.07 bits per heavy atom. The molecule has 0 spiro atoms. The highest BCUT2D eigenvalue weighted by Crippen LogP contribution is 2.36. The van der Waals surface area contributed by atoms with E-state index in [0.29, 0.717) is 6.10 Å². The van der Waals surface area contributed by atoms with Gasteiger partial charge < -0.3 is 10.5 Å². The molecule has 1 aromatic rings. The van der Waals surface area contributed by atoms with Crippen LogP contribution >= 0.6 is 38.9 Å². The first-order valence-electron chi connectivity index (χ1n) is 4.98. The van der Waals surface area contributed by atoms with Gasteiger partial charge in [0.25, 0.3) is 0 Å². The lowest BCUT2D eigenvalue weighted by molar-refractivity contribution is 0.0986. The third kappa shape index (κ3) is 2.94. The first kappa shape index (κ1) is 11.9. The maximum atomic E-state index is 6.11. The van der Waals surface area contributed by atoms with Crippen molar-refractivity contribution in [1.82, 2.24) is 0 Å². The molecule has 1 fully saturated rings. The second kappa shape index (κ2) is 5.15. The maximum Gasteiger partial charge on any atom is 0.107 e. The zero-order valence-electron chi connectivity index (χ0n) is 8.21. The Balaban J connectivity index is 1.97. The second-order valence-corrected chi connectivity index (χ2v) is 6.29. The van der Waals surface area contributed by atoms with E-state index >= 15 is 0 Å². The summed E-state index contributed by atoms with van der Waals surface area (Å²) in [4.78, 5) is 1.13. The standard InChI is InChI=1S/C10H13BrClNOS/c11-7-5-9(15-10(7)12)8(13)4-6-2-1-3-14-6/h5-6,8H,1-4,13H2. The normalized spacial score (nSPS) is 23.3. The number of rotatable bonds is 3. The van der Waals surface area contributed by atoms with Gasteiger partial charge in [-0.1, -0.05) is 11.6 Å². The summed E-state index contributed by atoms with van der Waals surface area (Å²) in [6, 6.07) is 2.05. The van der Waals surface area contributed by atoms with Crippen LogP contribution in [0.1, 0.15) is 30.2 Å². The Hall–Kier alpha value is 0.390. The van der Waals surface area contributed by atoms with Crippen LogP contribution in [0.4, 0.5) is 0 Å². The van der Waals surface area contributed by atoms with E-state index in [4.69, 9.17) is 22.1 Å². The number of ether oxygens (including phenoxy) is 1. The molecule has 0 aromatic carbocycles. The van der Waals surface area contributed by atoms with Crippen molar-refractivity contribution in [2.24, 2.45) is 5.73 Å². The van der Waals surface area contributed by atoms with Crippen molar-refractivity contribution >= 4 is 38.9 Å². The van der Waals surface area contributed by atoms with Crippen molar-refractivity contribution in [2.45, 2.75) is 31.4 Å². The van der Waals surface area contributed by atoms with Crippen molar-refractivity contribution in [3.8, 4) is 0 Å². The van der Waals surface area contributed by atoms with Gasteiger partial charge in [-0.05, 0) is 41.3 Å². The van der Waals surface area contributed by atoms with Crippen LogP contribution in [0.3, 0.4) is 0 Å². The van der Waals surface area contributed by atoms with Gasteiger partial charge in [0.15, 0.2) is 0 Å². The van der Waals surface area contributed by atoms with Crippen LogP contribution in [-0.2, 0) is 4.74 Å². The van der Waals surface area contributed by atoms with Crippen LogP contribution < -0.4 is 5.73 Å². The topological polar surface area (TPSA) is 35.2 Å². The van der Waals surface area contributed by atoms with Crippen LogP contribution in [0.2, 0.25) is 4.34 Å². The van der Waals surface area contributed by atoms with Gasteiger partial charge in [0.2, 0.25) is 0 Å². The van der Waals surface area contributed by atoms with E-state index < -0.39 is 0 Å². The summed E-state index contributed by atoms with van der Waals surface area (Å²) in [5.41, 5.74) is 6.11. The molecule has 0 aliphatic carbocycles. The Morgan fingerprint density at radius 2 is 2.53 bits per heavy atom. The minimum atomic E-state index is 0.0434. The van der Waals surface area contributed by atoms with Gasteiger partial charge in [-0.3, -0.25) is 0 Å². The molecular weight excluding hydrogens is 298 g/mol. The molecule has 1 aromatic heterocycles. The summed E-state index contributed by atoms with van der Waals surface area (Å²) < 4.78 is 7.27. The Kier molecular flexibility index (Phi) is 4.07. The van der Waals surface area contributed by atoms with Crippen LogP contribution in [0, 0.1) is 0 Å². The zero-order valence-corrected chi connectivity index (χ0v) is 11.4. The van der Waals surface area contributed by atoms with Crippen LogP contribution in [0.5, 0.6) is 0 Å². The summed E-state index contributed by atoms with van der Waals surface area (Å²) in [7, 11) is 0. The SMILES string of the molecule is NC(CC1CCCO1)c1cc(Br)c(Cl)s1. The van der Waals surface area contributed by atoms with Gasteiger partial charge in [0.05, 0.1) is 6.10 Å². The monoisotopic (exact) mass is 309 g/mol. The van der Waals surface area contributed by atoms with Gasteiger partial charge in [-0.25, -0.2) is 0 Å². The molecule has 5 heteroatoms. The minimum Gasteiger partial charge on any atom is -0.378 e. The van der Waals surface area contributed by atoms with E-state index in [-0.39, 0.29) is 6.04 Å². The zero-order chi connectivity index (χ0) is 10.8. The fraction of sp³-hybridized carbons (Fsp3) is 0.600. The molecule has 2 rings (SSSR count). The minimum absolute atomic E-state index is 0.0434. The lowest BCUT2D eigenvalue weighted by Gasteiger charge is -2.14. The first-order valence-corrected chi connectivity index (χ1v) is 6.97. The Morgan fingerprint density at radius 1 is 1.73 bits per heavy atom. The molecule has 2 atom stereocenters. The van der Waals surface area contributed by atoms with Crippen molar-refractivity contribution in [3.05, 3.63) is 19.8 Å². The summed E-state index contributed by atoms with van der Waals surface area (Å²) in [6.45, 7) is 0.881. The fourth-order valence-electron chi connectivity index (χ4n) is 1.78. The Bertz CT molecular complexity index is 319. The predicted molar refractivity (Wildman–Crippen MR) is 67.5 cm³/mol. The number of hydrogen-bond acceptors (Lipinski definition) is 3. The number of nitrogens with two attached hydrogens (primary N) is 1. The van der Waals surface area contributed by atoms with Gasteiger partial charge in [-0.2, -0.15) is 0 Å². The molecular formula is C10H13BrClNOS. The number of hydrogen-bond donors (Lipinski definition) is 1. The van der Waals surface area contributed by atoms with Crippen molar-refractivity contribution in [2.75, 3.05) is 6.61 Å². The summed E-state index contributed by atoms with van der Waals surface area (Å²) >= 11 is 10.9. The summed E-state index contributed by atoms with van der Waals surface area (Å²) in [5, 5.41) is 0. The third-order valence-corrected chi connectivity index (χ3v) is 5.18. The fourth-order valence-corrected chi connectivity index (χ4v) is 3.53. The third-order valence-electron chi connectivity index (χ3n) is 2.57. The largest absolute Gasteiger partial charge is 0.378 e. The van der Waals surface area contributed by atoms with E-state index in [0.717, 1.165) is 39.6 Å². The summed E-state index contributed by atoms with van der Waals surface area (Å²) in [6.07, 6.45) is 3.52. The van der Waals surface area contributed by atoms with Gasteiger partial charge in [-0.15, -0.1) is 11.3 Å². The maximum absolute atomic E-state index is 6.11. The molecule has 0 amide bonds.